The quantitative estimate of drug-likeness (QED) is 0.879. The predicted molar refractivity (Wildman–Crippen MR) is 97.8 cm³/mol. The molecule has 1 saturated carbocycles. The summed E-state index contributed by atoms with van der Waals surface area (Å²) in [4.78, 5) is 42.6. The Morgan fingerprint density at radius 2 is 1.85 bits per heavy atom. The summed E-state index contributed by atoms with van der Waals surface area (Å²) in [6.07, 6.45) is 4.61. The highest BCUT2D eigenvalue weighted by atomic mass is 16.2. The van der Waals surface area contributed by atoms with Gasteiger partial charge in [0.05, 0.1) is 24.5 Å². The number of carbonyl (C=O) groups is 3. The van der Waals surface area contributed by atoms with Gasteiger partial charge in [-0.2, -0.15) is 0 Å². The van der Waals surface area contributed by atoms with Crippen molar-refractivity contribution in [2.24, 2.45) is 0 Å². The minimum absolute atomic E-state index is 0.0197. The van der Waals surface area contributed by atoms with Crippen LogP contribution in [-0.2, 0) is 14.4 Å². The second-order valence-electron chi connectivity index (χ2n) is 7.28. The van der Waals surface area contributed by atoms with E-state index < -0.39 is 0 Å². The van der Waals surface area contributed by atoms with Gasteiger partial charge in [0, 0.05) is 19.1 Å². The van der Waals surface area contributed by atoms with Gasteiger partial charge in [-0.1, -0.05) is 25.0 Å². The summed E-state index contributed by atoms with van der Waals surface area (Å²) in [6, 6.07) is 7.68. The van der Waals surface area contributed by atoms with Gasteiger partial charge in [0.2, 0.25) is 17.7 Å². The summed E-state index contributed by atoms with van der Waals surface area (Å²) < 4.78 is 0. The fourth-order valence-electron chi connectivity index (χ4n) is 4.20. The van der Waals surface area contributed by atoms with E-state index in [2.05, 4.69) is 5.32 Å². The van der Waals surface area contributed by atoms with Crippen LogP contribution in [0.25, 0.3) is 0 Å². The second kappa shape index (κ2) is 7.07. The van der Waals surface area contributed by atoms with E-state index in [-0.39, 0.29) is 37.4 Å². The maximum Gasteiger partial charge on any atom is 0.244 e. The molecule has 138 valence electrons. The molecule has 1 saturated heterocycles. The Morgan fingerprint density at radius 3 is 2.62 bits per heavy atom. The van der Waals surface area contributed by atoms with Gasteiger partial charge in [0.1, 0.15) is 6.54 Å². The van der Waals surface area contributed by atoms with Crippen molar-refractivity contribution >= 4 is 29.1 Å². The molecular formula is C19H24N4O3. The van der Waals surface area contributed by atoms with Gasteiger partial charge in [-0.15, -0.1) is 0 Å². The third-order valence-electron chi connectivity index (χ3n) is 5.53. The Labute approximate surface area is 152 Å². The Kier molecular flexibility index (Phi) is 4.63. The zero-order valence-electron chi connectivity index (χ0n) is 14.8. The molecule has 0 spiro atoms. The highest BCUT2D eigenvalue weighted by molar-refractivity contribution is 6.10. The molecule has 7 heteroatoms. The number of carbonyl (C=O) groups excluding carboxylic acids is 3. The van der Waals surface area contributed by atoms with Crippen LogP contribution >= 0.6 is 0 Å². The molecule has 1 aliphatic carbocycles. The Bertz CT molecular complexity index is 729. The zero-order chi connectivity index (χ0) is 18.1. The van der Waals surface area contributed by atoms with Gasteiger partial charge in [-0.05, 0) is 25.0 Å². The van der Waals surface area contributed by atoms with E-state index in [1.165, 1.54) is 17.7 Å². The van der Waals surface area contributed by atoms with E-state index in [4.69, 9.17) is 0 Å². The molecule has 1 aromatic carbocycles. The Morgan fingerprint density at radius 1 is 1.08 bits per heavy atom. The van der Waals surface area contributed by atoms with E-state index in [0.29, 0.717) is 30.5 Å². The van der Waals surface area contributed by atoms with Crippen molar-refractivity contribution in [1.82, 2.24) is 9.80 Å². The first-order valence-corrected chi connectivity index (χ1v) is 9.33. The van der Waals surface area contributed by atoms with Gasteiger partial charge in [-0.3, -0.25) is 24.2 Å². The van der Waals surface area contributed by atoms with E-state index in [9.17, 15) is 14.4 Å². The third-order valence-corrected chi connectivity index (χ3v) is 5.53. The lowest BCUT2D eigenvalue weighted by atomic mass is 10.1. The molecule has 26 heavy (non-hydrogen) atoms. The summed E-state index contributed by atoms with van der Waals surface area (Å²) in [7, 11) is 0. The van der Waals surface area contributed by atoms with Crippen molar-refractivity contribution in [1.29, 1.82) is 0 Å². The van der Waals surface area contributed by atoms with Crippen LogP contribution in [0.3, 0.4) is 0 Å². The number of benzene rings is 1. The minimum atomic E-state index is -0.195. The lowest BCUT2D eigenvalue weighted by Gasteiger charge is -2.38. The van der Waals surface area contributed by atoms with Crippen molar-refractivity contribution in [3.05, 3.63) is 24.3 Å². The molecule has 7 nitrogen and oxygen atoms in total. The molecule has 3 aliphatic rings. The van der Waals surface area contributed by atoms with Crippen LogP contribution < -0.4 is 10.2 Å². The molecule has 2 heterocycles. The molecule has 0 aromatic heterocycles. The van der Waals surface area contributed by atoms with Crippen molar-refractivity contribution in [2.75, 3.05) is 42.9 Å². The lowest BCUT2D eigenvalue weighted by molar-refractivity contribution is -0.139. The smallest absolute Gasteiger partial charge is 0.244 e. The fraction of sp³-hybridized carbons (Fsp3) is 0.526. The first-order chi connectivity index (χ1) is 12.6. The summed E-state index contributed by atoms with van der Waals surface area (Å²) in [5.74, 6) is -0.221. The van der Waals surface area contributed by atoms with Crippen molar-refractivity contribution in [3.8, 4) is 0 Å². The summed E-state index contributed by atoms with van der Waals surface area (Å²) in [5, 5.41) is 2.79. The SMILES string of the molecule is O=C1CN(C(=O)CN2CCN(C3CCCC3)C(=O)C2)c2ccccc2N1. The second-order valence-corrected chi connectivity index (χ2v) is 7.28. The summed E-state index contributed by atoms with van der Waals surface area (Å²) >= 11 is 0. The number of nitrogens with zero attached hydrogens (tertiary/aromatic N) is 3. The Balaban J connectivity index is 1.40. The number of hydrogen-bond acceptors (Lipinski definition) is 4. The van der Waals surface area contributed by atoms with Crippen molar-refractivity contribution < 1.29 is 14.4 Å². The number of hydrogen-bond donors (Lipinski definition) is 1. The number of nitrogens with one attached hydrogen (secondary N) is 1. The zero-order valence-corrected chi connectivity index (χ0v) is 14.8. The molecule has 3 amide bonds. The van der Waals surface area contributed by atoms with Gasteiger partial charge in [-0.25, -0.2) is 0 Å². The Hall–Kier alpha value is -2.41. The number of rotatable bonds is 3. The molecule has 1 N–H and O–H groups in total. The molecule has 0 unspecified atom stereocenters. The van der Waals surface area contributed by atoms with Crippen LogP contribution in [-0.4, -0.2) is 66.3 Å². The molecule has 2 fully saturated rings. The van der Waals surface area contributed by atoms with Gasteiger partial charge < -0.3 is 10.2 Å². The molecule has 0 atom stereocenters. The summed E-state index contributed by atoms with van der Waals surface area (Å²) in [5.41, 5.74) is 1.37. The summed E-state index contributed by atoms with van der Waals surface area (Å²) in [6.45, 7) is 1.85. The van der Waals surface area contributed by atoms with Crippen LogP contribution in [0.15, 0.2) is 24.3 Å². The van der Waals surface area contributed by atoms with Gasteiger partial charge >= 0.3 is 0 Å². The lowest BCUT2D eigenvalue weighted by Crippen LogP contribution is -2.56. The fourth-order valence-corrected chi connectivity index (χ4v) is 4.20. The van der Waals surface area contributed by atoms with E-state index in [1.807, 2.05) is 28.0 Å². The van der Waals surface area contributed by atoms with Crippen LogP contribution in [0, 0.1) is 0 Å². The standard InChI is InChI=1S/C19H24N4O3/c24-17-11-23(16-8-4-3-7-15(16)20-17)19(26)13-21-9-10-22(18(25)12-21)14-5-1-2-6-14/h3-4,7-8,14H,1-2,5-6,9-13H2,(H,20,24). The number of fused-ring (bicyclic) bond motifs is 1. The van der Waals surface area contributed by atoms with E-state index >= 15 is 0 Å². The van der Waals surface area contributed by atoms with E-state index in [1.54, 1.807) is 6.07 Å². The van der Waals surface area contributed by atoms with Crippen LogP contribution in [0.5, 0.6) is 0 Å². The molecule has 1 aromatic rings. The van der Waals surface area contributed by atoms with Crippen LogP contribution in [0.1, 0.15) is 25.7 Å². The topological polar surface area (TPSA) is 73.0 Å². The number of amides is 3. The van der Waals surface area contributed by atoms with Gasteiger partial charge in [0.15, 0.2) is 0 Å². The average molecular weight is 356 g/mol. The first-order valence-electron chi connectivity index (χ1n) is 9.33. The number of anilines is 2. The minimum Gasteiger partial charge on any atom is -0.337 e. The molecule has 0 bridgehead atoms. The van der Waals surface area contributed by atoms with Gasteiger partial charge in [0.25, 0.3) is 0 Å². The maximum absolute atomic E-state index is 12.8. The molecule has 4 rings (SSSR count). The highest BCUT2D eigenvalue weighted by Gasteiger charge is 2.33. The average Bonchev–Trinajstić information content (AvgIpc) is 3.15. The van der Waals surface area contributed by atoms with Crippen LogP contribution in [0.2, 0.25) is 0 Å². The maximum atomic E-state index is 12.8. The predicted octanol–water partition coefficient (Wildman–Crippen LogP) is 1.06. The first kappa shape index (κ1) is 17.0. The van der Waals surface area contributed by atoms with E-state index in [0.717, 1.165) is 12.8 Å². The van der Waals surface area contributed by atoms with Crippen LogP contribution in [0.4, 0.5) is 11.4 Å². The number of para-hydroxylation sites is 2. The molecule has 0 radical (unpaired) electrons. The monoisotopic (exact) mass is 356 g/mol. The molecular weight excluding hydrogens is 332 g/mol. The number of piperazine rings is 1. The normalized spacial score (nSPS) is 21.7. The third kappa shape index (κ3) is 3.31. The van der Waals surface area contributed by atoms with Crippen molar-refractivity contribution in [3.63, 3.8) is 0 Å². The largest absolute Gasteiger partial charge is 0.337 e. The molecule has 2 aliphatic heterocycles. The van der Waals surface area contributed by atoms with Crippen molar-refractivity contribution in [2.45, 2.75) is 31.7 Å². The highest BCUT2D eigenvalue weighted by Crippen LogP contribution is 2.29.